The van der Waals surface area contributed by atoms with Gasteiger partial charge in [-0.1, -0.05) is 54.6 Å². The topological polar surface area (TPSA) is 88.7 Å². The maximum Gasteiger partial charge on any atom is 0.251 e. The smallest absolute Gasteiger partial charge is 0.251 e. The molecule has 3 aromatic carbocycles. The molecule has 0 aliphatic carbocycles. The third-order valence-electron chi connectivity index (χ3n) is 5.89. The van der Waals surface area contributed by atoms with E-state index in [-0.39, 0.29) is 11.8 Å². The standard InChI is InChI=1S/C26H25N3O4/c30-25(21-14-18-8-4-5-9-19(18)16-27-21)29-24(17-6-2-1-3-7-17)26(31)28-20-10-11-22-23(15-20)33-13-12-32-22/h1-11,15,21,24,27H,12-14,16H2,(H,28,31)(H,29,30)/t21-,24+/m0/s1. The van der Waals surface area contributed by atoms with Crippen molar-refractivity contribution in [1.82, 2.24) is 10.6 Å². The van der Waals surface area contributed by atoms with Gasteiger partial charge in [-0.25, -0.2) is 0 Å². The molecule has 0 saturated heterocycles. The minimum Gasteiger partial charge on any atom is -0.486 e. The van der Waals surface area contributed by atoms with Crippen molar-refractivity contribution in [3.05, 3.63) is 89.5 Å². The van der Waals surface area contributed by atoms with Crippen LogP contribution in [0.15, 0.2) is 72.8 Å². The molecule has 3 aromatic rings. The van der Waals surface area contributed by atoms with Crippen LogP contribution in [0.3, 0.4) is 0 Å². The lowest BCUT2D eigenvalue weighted by atomic mass is 9.95. The number of fused-ring (bicyclic) bond motifs is 2. The fraction of sp³-hybridized carbons (Fsp3) is 0.231. The van der Waals surface area contributed by atoms with Crippen molar-refractivity contribution in [3.8, 4) is 11.5 Å². The second-order valence-corrected chi connectivity index (χ2v) is 8.11. The summed E-state index contributed by atoms with van der Waals surface area (Å²) in [7, 11) is 0. The lowest BCUT2D eigenvalue weighted by molar-refractivity contribution is -0.128. The summed E-state index contributed by atoms with van der Waals surface area (Å²) >= 11 is 0. The Morgan fingerprint density at radius 3 is 2.42 bits per heavy atom. The first-order valence-electron chi connectivity index (χ1n) is 11.0. The maximum absolute atomic E-state index is 13.3. The highest BCUT2D eigenvalue weighted by Gasteiger charge is 2.29. The molecule has 168 valence electrons. The zero-order valence-corrected chi connectivity index (χ0v) is 18.0. The molecule has 0 radical (unpaired) electrons. The third-order valence-corrected chi connectivity index (χ3v) is 5.89. The van der Waals surface area contributed by atoms with Gasteiger partial charge in [0.1, 0.15) is 19.3 Å². The molecule has 0 bridgehead atoms. The molecular formula is C26H25N3O4. The van der Waals surface area contributed by atoms with Crippen LogP contribution in [-0.2, 0) is 22.6 Å². The van der Waals surface area contributed by atoms with Gasteiger partial charge in [0, 0.05) is 18.3 Å². The largest absolute Gasteiger partial charge is 0.486 e. The summed E-state index contributed by atoms with van der Waals surface area (Å²) in [6.45, 7) is 1.58. The summed E-state index contributed by atoms with van der Waals surface area (Å²) in [5.74, 6) is 0.693. The SMILES string of the molecule is O=C(N[C@@H](C(=O)Nc1ccc2c(c1)OCCO2)c1ccccc1)[C@@H]1Cc2ccccc2CN1. The van der Waals surface area contributed by atoms with Gasteiger partial charge in [0.05, 0.1) is 6.04 Å². The van der Waals surface area contributed by atoms with Crippen LogP contribution in [0.4, 0.5) is 5.69 Å². The average Bonchev–Trinajstić information content (AvgIpc) is 2.87. The first kappa shape index (κ1) is 21.0. The van der Waals surface area contributed by atoms with Gasteiger partial charge in [-0.2, -0.15) is 0 Å². The Balaban J connectivity index is 1.33. The second kappa shape index (κ2) is 9.34. The number of anilines is 1. The van der Waals surface area contributed by atoms with Gasteiger partial charge >= 0.3 is 0 Å². The molecule has 33 heavy (non-hydrogen) atoms. The molecule has 0 saturated carbocycles. The van der Waals surface area contributed by atoms with Crippen molar-refractivity contribution in [2.75, 3.05) is 18.5 Å². The number of amides is 2. The molecule has 5 rings (SSSR count). The van der Waals surface area contributed by atoms with E-state index < -0.39 is 12.1 Å². The van der Waals surface area contributed by atoms with Crippen LogP contribution in [-0.4, -0.2) is 31.1 Å². The van der Waals surface area contributed by atoms with Gasteiger partial charge in [0.2, 0.25) is 5.91 Å². The van der Waals surface area contributed by atoms with Crippen molar-refractivity contribution >= 4 is 17.5 Å². The summed E-state index contributed by atoms with van der Waals surface area (Å²) < 4.78 is 11.2. The van der Waals surface area contributed by atoms with Crippen LogP contribution in [0.1, 0.15) is 22.7 Å². The molecule has 3 N–H and O–H groups in total. The maximum atomic E-state index is 13.3. The number of rotatable bonds is 5. The van der Waals surface area contributed by atoms with Crippen LogP contribution < -0.4 is 25.4 Å². The van der Waals surface area contributed by atoms with Gasteiger partial charge in [-0.15, -0.1) is 0 Å². The predicted molar refractivity (Wildman–Crippen MR) is 124 cm³/mol. The normalized spacial score (nSPS) is 17.4. The molecule has 0 fully saturated rings. The molecule has 2 atom stereocenters. The average molecular weight is 444 g/mol. The predicted octanol–water partition coefficient (Wildman–Crippen LogP) is 2.97. The van der Waals surface area contributed by atoms with E-state index in [2.05, 4.69) is 22.0 Å². The Hall–Kier alpha value is -3.84. The molecule has 0 unspecified atom stereocenters. The fourth-order valence-electron chi connectivity index (χ4n) is 4.16. The van der Waals surface area contributed by atoms with E-state index in [0.717, 1.165) is 5.56 Å². The van der Waals surface area contributed by atoms with Crippen LogP contribution in [0.2, 0.25) is 0 Å². The molecule has 2 aliphatic rings. The van der Waals surface area contributed by atoms with Crippen LogP contribution in [0.25, 0.3) is 0 Å². The summed E-state index contributed by atoms with van der Waals surface area (Å²) in [5, 5.41) is 9.13. The molecule has 2 amide bonds. The number of carbonyl (C=O) groups is 2. The Morgan fingerprint density at radius 1 is 0.879 bits per heavy atom. The van der Waals surface area contributed by atoms with E-state index >= 15 is 0 Å². The van der Waals surface area contributed by atoms with Gasteiger partial charge in [0.25, 0.3) is 5.91 Å². The highest BCUT2D eigenvalue weighted by atomic mass is 16.6. The van der Waals surface area contributed by atoms with E-state index in [1.165, 1.54) is 5.56 Å². The lowest BCUT2D eigenvalue weighted by Gasteiger charge is -2.27. The lowest BCUT2D eigenvalue weighted by Crippen LogP contribution is -2.50. The van der Waals surface area contributed by atoms with Crippen molar-refractivity contribution in [2.24, 2.45) is 0 Å². The summed E-state index contributed by atoms with van der Waals surface area (Å²) in [6.07, 6.45) is 0.577. The minimum atomic E-state index is -0.842. The quantitative estimate of drug-likeness (QED) is 0.564. The van der Waals surface area contributed by atoms with Gasteiger partial charge in [-0.05, 0) is 35.2 Å². The Morgan fingerprint density at radius 2 is 1.61 bits per heavy atom. The first-order valence-corrected chi connectivity index (χ1v) is 11.0. The molecule has 0 aromatic heterocycles. The number of hydrogen-bond donors (Lipinski definition) is 3. The summed E-state index contributed by atoms with van der Waals surface area (Å²) in [4.78, 5) is 26.4. The highest BCUT2D eigenvalue weighted by Crippen LogP contribution is 2.33. The Bertz CT molecular complexity index is 1170. The van der Waals surface area contributed by atoms with Gasteiger partial charge in [0.15, 0.2) is 11.5 Å². The van der Waals surface area contributed by atoms with E-state index in [0.29, 0.717) is 48.9 Å². The molecule has 7 heteroatoms. The van der Waals surface area contributed by atoms with Gasteiger partial charge < -0.3 is 25.4 Å². The summed E-state index contributed by atoms with van der Waals surface area (Å²) in [6, 6.07) is 21.3. The zero-order chi connectivity index (χ0) is 22.6. The second-order valence-electron chi connectivity index (χ2n) is 8.11. The third kappa shape index (κ3) is 4.68. The number of hydrogen-bond acceptors (Lipinski definition) is 5. The van der Waals surface area contributed by atoms with Crippen molar-refractivity contribution in [2.45, 2.75) is 25.0 Å². The summed E-state index contributed by atoms with van der Waals surface area (Å²) in [5.41, 5.74) is 3.62. The van der Waals surface area contributed by atoms with Crippen molar-refractivity contribution in [3.63, 3.8) is 0 Å². The molecule has 2 aliphatic heterocycles. The number of nitrogens with one attached hydrogen (secondary N) is 3. The van der Waals surface area contributed by atoms with Crippen LogP contribution in [0.5, 0.6) is 11.5 Å². The molecule has 2 heterocycles. The van der Waals surface area contributed by atoms with Crippen LogP contribution >= 0.6 is 0 Å². The van der Waals surface area contributed by atoms with Gasteiger partial charge in [-0.3, -0.25) is 9.59 Å². The van der Waals surface area contributed by atoms with Crippen LogP contribution in [0, 0.1) is 0 Å². The molecular weight excluding hydrogens is 418 g/mol. The Labute approximate surface area is 192 Å². The molecule has 7 nitrogen and oxygen atoms in total. The first-order chi connectivity index (χ1) is 16.2. The van der Waals surface area contributed by atoms with E-state index in [1.54, 1.807) is 18.2 Å². The number of ether oxygens (including phenoxy) is 2. The monoisotopic (exact) mass is 443 g/mol. The Kier molecular flexibility index (Phi) is 5.95. The van der Waals surface area contributed by atoms with Crippen molar-refractivity contribution < 1.29 is 19.1 Å². The number of benzene rings is 3. The fourth-order valence-corrected chi connectivity index (χ4v) is 4.16. The number of carbonyl (C=O) groups excluding carboxylic acids is 2. The minimum absolute atomic E-state index is 0.212. The van der Waals surface area contributed by atoms with E-state index in [9.17, 15) is 9.59 Å². The van der Waals surface area contributed by atoms with Crippen molar-refractivity contribution in [1.29, 1.82) is 0 Å². The van der Waals surface area contributed by atoms with E-state index in [1.807, 2.05) is 48.5 Å². The van der Waals surface area contributed by atoms with E-state index in [4.69, 9.17) is 9.47 Å². The highest BCUT2D eigenvalue weighted by molar-refractivity contribution is 5.98. The zero-order valence-electron chi connectivity index (χ0n) is 18.0. The molecule has 0 spiro atoms.